The first-order valence-corrected chi connectivity index (χ1v) is 5.66. The molecule has 0 heterocycles. The van der Waals surface area contributed by atoms with Crippen LogP contribution in [0.5, 0.6) is 5.75 Å². The molecule has 0 radical (unpaired) electrons. The van der Waals surface area contributed by atoms with E-state index < -0.39 is 5.82 Å². The smallest absolute Gasteiger partial charge is 0.149 e. The second-order valence-electron chi connectivity index (χ2n) is 3.71. The summed E-state index contributed by atoms with van der Waals surface area (Å²) in [6, 6.07) is 15.4. The van der Waals surface area contributed by atoms with Crippen LogP contribution < -0.4 is 4.74 Å². The molecule has 0 N–H and O–H groups in total. The van der Waals surface area contributed by atoms with Gasteiger partial charge in [-0.15, -0.1) is 0 Å². The lowest BCUT2D eigenvalue weighted by molar-refractivity contribution is 0.367. The normalized spacial score (nSPS) is 9.05. The fraction of sp³-hybridized carbons (Fsp3) is 0.0625. The minimum atomic E-state index is -0.587. The molecule has 2 aromatic carbocycles. The van der Waals surface area contributed by atoms with Gasteiger partial charge in [0.15, 0.2) is 0 Å². The van der Waals surface area contributed by atoms with Crippen LogP contribution in [0.15, 0.2) is 48.5 Å². The quantitative estimate of drug-likeness (QED) is 0.768. The SMILES string of the molecule is N#Cc1ccc(OCC#Cc2ccccc2)cc1F. The Morgan fingerprint density at radius 1 is 1.11 bits per heavy atom. The number of ether oxygens (including phenoxy) is 1. The molecule has 92 valence electrons. The number of halogens is 1. The first-order chi connectivity index (χ1) is 9.29. The van der Waals surface area contributed by atoms with Crippen molar-refractivity contribution in [2.24, 2.45) is 0 Å². The van der Waals surface area contributed by atoms with E-state index in [1.54, 1.807) is 12.1 Å². The van der Waals surface area contributed by atoms with Crippen molar-refractivity contribution in [2.45, 2.75) is 0 Å². The summed E-state index contributed by atoms with van der Waals surface area (Å²) in [6.07, 6.45) is 0. The zero-order chi connectivity index (χ0) is 13.5. The Hall–Kier alpha value is -2.78. The molecule has 2 aromatic rings. The molecule has 0 amide bonds. The zero-order valence-electron chi connectivity index (χ0n) is 10.1. The molecule has 2 rings (SSSR count). The molecule has 0 aromatic heterocycles. The van der Waals surface area contributed by atoms with E-state index in [9.17, 15) is 4.39 Å². The van der Waals surface area contributed by atoms with Gasteiger partial charge in [0.2, 0.25) is 0 Å². The summed E-state index contributed by atoms with van der Waals surface area (Å²) >= 11 is 0. The number of benzene rings is 2. The summed E-state index contributed by atoms with van der Waals surface area (Å²) in [5, 5.41) is 8.60. The van der Waals surface area contributed by atoms with Gasteiger partial charge < -0.3 is 4.74 Å². The molecule has 0 atom stereocenters. The third kappa shape index (κ3) is 3.59. The molecule has 0 saturated carbocycles. The Balaban J connectivity index is 1.95. The van der Waals surface area contributed by atoms with Crippen LogP contribution in [-0.4, -0.2) is 6.61 Å². The molecule has 0 saturated heterocycles. The van der Waals surface area contributed by atoms with Crippen molar-refractivity contribution in [1.29, 1.82) is 5.26 Å². The van der Waals surface area contributed by atoms with Gasteiger partial charge in [-0.2, -0.15) is 5.26 Å². The molecule has 0 spiro atoms. The minimum Gasteiger partial charge on any atom is -0.481 e. The maximum absolute atomic E-state index is 13.3. The summed E-state index contributed by atoms with van der Waals surface area (Å²) in [4.78, 5) is 0. The lowest BCUT2D eigenvalue weighted by Gasteiger charge is -2.02. The van der Waals surface area contributed by atoms with Crippen LogP contribution in [0.4, 0.5) is 4.39 Å². The first kappa shape index (κ1) is 12.7. The number of hydrogen-bond donors (Lipinski definition) is 0. The van der Waals surface area contributed by atoms with E-state index in [-0.39, 0.29) is 12.2 Å². The van der Waals surface area contributed by atoms with Crippen molar-refractivity contribution in [3.8, 4) is 23.7 Å². The third-order valence-corrected chi connectivity index (χ3v) is 2.38. The van der Waals surface area contributed by atoms with E-state index in [1.165, 1.54) is 12.1 Å². The first-order valence-electron chi connectivity index (χ1n) is 5.66. The number of nitrogens with zero attached hydrogens (tertiary/aromatic N) is 1. The van der Waals surface area contributed by atoms with Crippen molar-refractivity contribution in [3.63, 3.8) is 0 Å². The van der Waals surface area contributed by atoms with Crippen molar-refractivity contribution in [3.05, 3.63) is 65.5 Å². The Morgan fingerprint density at radius 3 is 2.58 bits per heavy atom. The van der Waals surface area contributed by atoms with E-state index in [4.69, 9.17) is 10.00 Å². The molecular formula is C16H10FNO. The van der Waals surface area contributed by atoms with Crippen LogP contribution in [0, 0.1) is 29.0 Å². The molecule has 2 nitrogen and oxygen atoms in total. The predicted molar refractivity (Wildman–Crippen MR) is 69.9 cm³/mol. The van der Waals surface area contributed by atoms with Crippen molar-refractivity contribution >= 4 is 0 Å². The summed E-state index contributed by atoms with van der Waals surface area (Å²) < 4.78 is 18.6. The van der Waals surface area contributed by atoms with Crippen molar-refractivity contribution < 1.29 is 9.13 Å². The van der Waals surface area contributed by atoms with Gasteiger partial charge in [-0.25, -0.2) is 4.39 Å². The Labute approximate surface area is 111 Å². The van der Waals surface area contributed by atoms with Gasteiger partial charge in [-0.1, -0.05) is 30.0 Å². The monoisotopic (exact) mass is 251 g/mol. The van der Waals surface area contributed by atoms with Gasteiger partial charge in [0, 0.05) is 11.6 Å². The van der Waals surface area contributed by atoms with Crippen LogP contribution in [0.2, 0.25) is 0 Å². The lowest BCUT2D eigenvalue weighted by atomic mass is 10.2. The number of nitriles is 1. The fourth-order valence-corrected chi connectivity index (χ4v) is 1.46. The van der Waals surface area contributed by atoms with Crippen LogP contribution in [0.3, 0.4) is 0 Å². The topological polar surface area (TPSA) is 33.0 Å². The molecule has 3 heteroatoms. The minimum absolute atomic E-state index is 0.00252. The van der Waals surface area contributed by atoms with E-state index in [0.717, 1.165) is 5.56 Å². The van der Waals surface area contributed by atoms with Gasteiger partial charge in [-0.3, -0.25) is 0 Å². The van der Waals surface area contributed by atoms with Gasteiger partial charge in [-0.05, 0) is 24.3 Å². The summed E-state index contributed by atoms with van der Waals surface area (Å²) in [7, 11) is 0. The molecule has 19 heavy (non-hydrogen) atoms. The van der Waals surface area contributed by atoms with Crippen LogP contribution in [-0.2, 0) is 0 Å². The summed E-state index contributed by atoms with van der Waals surface area (Å²) in [6.45, 7) is 0.167. The van der Waals surface area contributed by atoms with Crippen LogP contribution in [0.1, 0.15) is 11.1 Å². The number of hydrogen-bond acceptors (Lipinski definition) is 2. The highest BCUT2D eigenvalue weighted by Gasteiger charge is 2.02. The highest BCUT2D eigenvalue weighted by Crippen LogP contribution is 2.15. The summed E-state index contributed by atoms with van der Waals surface area (Å²) in [5.74, 6) is 5.54. The second kappa shape index (κ2) is 6.23. The lowest BCUT2D eigenvalue weighted by Crippen LogP contribution is -1.95. The molecule has 0 aliphatic rings. The van der Waals surface area contributed by atoms with E-state index in [2.05, 4.69) is 11.8 Å². The van der Waals surface area contributed by atoms with Crippen molar-refractivity contribution in [1.82, 2.24) is 0 Å². The predicted octanol–water partition coefficient (Wildman–Crippen LogP) is 3.13. The van der Waals surface area contributed by atoms with E-state index in [1.807, 2.05) is 30.3 Å². The molecular weight excluding hydrogens is 241 g/mol. The fourth-order valence-electron chi connectivity index (χ4n) is 1.46. The average Bonchev–Trinajstić information content (AvgIpc) is 2.45. The second-order valence-corrected chi connectivity index (χ2v) is 3.71. The van der Waals surface area contributed by atoms with Crippen molar-refractivity contribution in [2.75, 3.05) is 6.61 Å². The largest absolute Gasteiger partial charge is 0.481 e. The molecule has 0 aliphatic carbocycles. The zero-order valence-corrected chi connectivity index (χ0v) is 10.1. The molecule has 0 fully saturated rings. The molecule has 0 bridgehead atoms. The molecule has 0 unspecified atom stereocenters. The highest BCUT2D eigenvalue weighted by molar-refractivity contribution is 5.37. The van der Waals surface area contributed by atoms with E-state index >= 15 is 0 Å². The number of rotatable bonds is 2. The maximum atomic E-state index is 13.3. The van der Waals surface area contributed by atoms with E-state index in [0.29, 0.717) is 5.75 Å². The maximum Gasteiger partial charge on any atom is 0.149 e. The van der Waals surface area contributed by atoms with Gasteiger partial charge in [0.1, 0.15) is 24.2 Å². The highest BCUT2D eigenvalue weighted by atomic mass is 19.1. The Bertz CT molecular complexity index is 663. The van der Waals surface area contributed by atoms with Gasteiger partial charge >= 0.3 is 0 Å². The Kier molecular flexibility index (Phi) is 4.16. The van der Waals surface area contributed by atoms with Crippen LogP contribution in [0.25, 0.3) is 0 Å². The van der Waals surface area contributed by atoms with Gasteiger partial charge in [0.25, 0.3) is 0 Å². The summed E-state index contributed by atoms with van der Waals surface area (Å²) in [5.41, 5.74) is 0.903. The molecule has 0 aliphatic heterocycles. The standard InChI is InChI=1S/C16H10FNO/c17-16-11-15(9-8-14(16)12-18)19-10-4-7-13-5-2-1-3-6-13/h1-3,5-6,8-9,11H,10H2. The Morgan fingerprint density at radius 2 is 1.89 bits per heavy atom. The average molecular weight is 251 g/mol. The van der Waals surface area contributed by atoms with Crippen LogP contribution >= 0.6 is 0 Å². The van der Waals surface area contributed by atoms with Gasteiger partial charge in [0.05, 0.1) is 5.56 Å². The third-order valence-electron chi connectivity index (χ3n) is 2.38.